The minimum Gasteiger partial charge on any atom is -0.493 e. The molecular weight excluding hydrogens is 376 g/mol. The van der Waals surface area contributed by atoms with Crippen LogP contribution in [-0.4, -0.2) is 44.7 Å². The van der Waals surface area contributed by atoms with E-state index in [1.54, 1.807) is 24.3 Å². The summed E-state index contributed by atoms with van der Waals surface area (Å²) in [5.41, 5.74) is 4.17. The number of anilines is 1. The average molecular weight is 398 g/mol. The molecule has 0 heterocycles. The number of rotatable bonds is 7. The van der Waals surface area contributed by atoms with E-state index in [9.17, 15) is 14.4 Å². The molecule has 0 unspecified atom stereocenters. The van der Waals surface area contributed by atoms with Crippen LogP contribution in [0.1, 0.15) is 11.1 Å². The van der Waals surface area contributed by atoms with Crippen molar-refractivity contribution < 1.29 is 23.9 Å². The first kappa shape index (κ1) is 21.4. The minimum atomic E-state index is -0.910. The predicted molar refractivity (Wildman–Crippen MR) is 108 cm³/mol. The molecule has 3 amide bonds. The summed E-state index contributed by atoms with van der Waals surface area (Å²) in [6, 6.07) is 12.4. The van der Waals surface area contributed by atoms with Crippen molar-refractivity contribution in [2.75, 3.05) is 26.1 Å². The third kappa shape index (κ3) is 6.06. The van der Waals surface area contributed by atoms with Gasteiger partial charge >= 0.3 is 11.8 Å². The zero-order valence-electron chi connectivity index (χ0n) is 16.3. The van der Waals surface area contributed by atoms with Crippen molar-refractivity contribution in [3.05, 3.63) is 53.6 Å². The van der Waals surface area contributed by atoms with E-state index in [0.717, 1.165) is 5.56 Å². The normalized spacial score (nSPS) is 10.3. The number of nitrogens with one attached hydrogen (secondary N) is 3. The Morgan fingerprint density at radius 2 is 1.83 bits per heavy atom. The van der Waals surface area contributed by atoms with Gasteiger partial charge in [-0.3, -0.25) is 14.4 Å². The molecule has 0 aliphatic rings. The first-order chi connectivity index (χ1) is 14.0. The van der Waals surface area contributed by atoms with E-state index in [-0.39, 0.29) is 18.3 Å². The maximum Gasteiger partial charge on any atom is 0.329 e. The maximum absolute atomic E-state index is 12.2. The van der Waals surface area contributed by atoms with Crippen molar-refractivity contribution in [1.29, 1.82) is 0 Å². The van der Waals surface area contributed by atoms with Crippen molar-refractivity contribution in [2.45, 2.75) is 6.92 Å². The van der Waals surface area contributed by atoms with Crippen LogP contribution < -0.4 is 25.5 Å². The number of hydrogen-bond acceptors (Lipinski definition) is 6. The first-order valence-electron chi connectivity index (χ1n) is 8.66. The van der Waals surface area contributed by atoms with Crippen LogP contribution in [0, 0.1) is 6.92 Å². The molecule has 0 aromatic heterocycles. The van der Waals surface area contributed by atoms with Gasteiger partial charge in [0.1, 0.15) is 0 Å². The van der Waals surface area contributed by atoms with Gasteiger partial charge in [-0.15, -0.1) is 0 Å². The monoisotopic (exact) mass is 398 g/mol. The molecule has 0 atom stereocenters. The largest absolute Gasteiger partial charge is 0.493 e. The van der Waals surface area contributed by atoms with Crippen molar-refractivity contribution in [3.8, 4) is 11.5 Å². The molecule has 0 saturated heterocycles. The zero-order chi connectivity index (χ0) is 21.2. The molecule has 0 spiro atoms. The van der Waals surface area contributed by atoms with Crippen LogP contribution in [0.2, 0.25) is 0 Å². The average Bonchev–Trinajstić information content (AvgIpc) is 2.73. The van der Waals surface area contributed by atoms with Gasteiger partial charge in [-0.2, -0.15) is 5.10 Å². The summed E-state index contributed by atoms with van der Waals surface area (Å²) in [4.78, 5) is 34.9. The highest BCUT2D eigenvalue weighted by molar-refractivity contribution is 6.35. The van der Waals surface area contributed by atoms with Crippen LogP contribution in [-0.2, 0) is 14.4 Å². The Kier molecular flexibility index (Phi) is 7.72. The van der Waals surface area contributed by atoms with E-state index in [1.807, 2.05) is 25.1 Å². The highest BCUT2D eigenvalue weighted by atomic mass is 16.5. The van der Waals surface area contributed by atoms with Crippen molar-refractivity contribution in [1.82, 2.24) is 10.7 Å². The minimum absolute atomic E-state index is 0.264. The smallest absolute Gasteiger partial charge is 0.329 e. The Morgan fingerprint density at radius 1 is 1.07 bits per heavy atom. The maximum atomic E-state index is 12.2. The third-order valence-electron chi connectivity index (χ3n) is 3.80. The molecule has 2 aromatic rings. The molecule has 0 saturated carbocycles. The fourth-order valence-electron chi connectivity index (χ4n) is 2.31. The van der Waals surface area contributed by atoms with E-state index in [4.69, 9.17) is 9.47 Å². The highest BCUT2D eigenvalue weighted by Gasteiger charge is 2.13. The number of hydrogen-bond donors (Lipinski definition) is 3. The lowest BCUT2D eigenvalue weighted by Gasteiger charge is -2.13. The molecular formula is C20H22N4O5. The number of methoxy groups -OCH3 is 1. The molecule has 9 nitrogen and oxygen atoms in total. The molecule has 0 radical (unpaired) electrons. The van der Waals surface area contributed by atoms with Gasteiger partial charge in [-0.1, -0.05) is 24.3 Å². The van der Waals surface area contributed by atoms with Crippen LogP contribution in [0.4, 0.5) is 5.69 Å². The molecule has 0 aliphatic heterocycles. The van der Waals surface area contributed by atoms with Gasteiger partial charge < -0.3 is 20.1 Å². The van der Waals surface area contributed by atoms with Gasteiger partial charge in [0.15, 0.2) is 18.1 Å². The van der Waals surface area contributed by atoms with Crippen molar-refractivity contribution in [3.63, 3.8) is 0 Å². The molecule has 0 fully saturated rings. The molecule has 29 heavy (non-hydrogen) atoms. The predicted octanol–water partition coefficient (Wildman–Crippen LogP) is 1.22. The molecule has 3 N–H and O–H groups in total. The summed E-state index contributed by atoms with van der Waals surface area (Å²) in [5, 5.41) is 8.69. The summed E-state index contributed by atoms with van der Waals surface area (Å²) in [6.07, 6.45) is 1.29. The number of carbonyl (C=O) groups excluding carboxylic acids is 3. The molecule has 2 rings (SSSR count). The second kappa shape index (κ2) is 10.5. The second-order valence-corrected chi connectivity index (χ2v) is 5.81. The number of carbonyl (C=O) groups is 3. The fourth-order valence-corrected chi connectivity index (χ4v) is 2.31. The Bertz CT molecular complexity index is 927. The van der Waals surface area contributed by atoms with Gasteiger partial charge in [0.2, 0.25) is 0 Å². The van der Waals surface area contributed by atoms with E-state index in [0.29, 0.717) is 17.0 Å². The van der Waals surface area contributed by atoms with E-state index in [2.05, 4.69) is 21.2 Å². The fraction of sp³-hybridized carbons (Fsp3) is 0.200. The topological polar surface area (TPSA) is 118 Å². The van der Waals surface area contributed by atoms with Crippen LogP contribution in [0.3, 0.4) is 0 Å². The number of para-hydroxylation sites is 2. The first-order valence-corrected chi connectivity index (χ1v) is 8.66. The van der Waals surface area contributed by atoms with Crippen LogP contribution >= 0.6 is 0 Å². The standard InChI is InChI=1S/C20H22N4O5/c1-13-7-4-5-9-15(13)23-17(25)12-29-18-14(8-6-10-16(18)28-3)11-22-24-20(27)19(26)21-2/h4-11H,12H2,1-3H3,(H,21,26)(H,23,25)(H,24,27)/b22-11-. The summed E-state index contributed by atoms with van der Waals surface area (Å²) in [7, 11) is 2.80. The lowest BCUT2D eigenvalue weighted by atomic mass is 10.2. The molecule has 9 heteroatoms. The number of nitrogens with zero attached hydrogens (tertiary/aromatic N) is 1. The van der Waals surface area contributed by atoms with Gasteiger partial charge in [0.25, 0.3) is 5.91 Å². The van der Waals surface area contributed by atoms with Gasteiger partial charge in [-0.05, 0) is 30.7 Å². The van der Waals surface area contributed by atoms with Gasteiger partial charge in [0, 0.05) is 18.3 Å². The Hall–Kier alpha value is -3.88. The Labute approximate surface area is 168 Å². The van der Waals surface area contributed by atoms with E-state index >= 15 is 0 Å². The quantitative estimate of drug-likeness (QED) is 0.368. The van der Waals surface area contributed by atoms with Gasteiger partial charge in [0.05, 0.1) is 13.3 Å². The molecule has 2 aromatic carbocycles. The van der Waals surface area contributed by atoms with Crippen LogP contribution in [0.5, 0.6) is 11.5 Å². The summed E-state index contributed by atoms with van der Waals surface area (Å²) in [6.45, 7) is 1.62. The highest BCUT2D eigenvalue weighted by Crippen LogP contribution is 2.30. The van der Waals surface area contributed by atoms with Crippen molar-refractivity contribution >= 4 is 29.6 Å². The number of amides is 3. The number of likely N-dealkylation sites (N-methyl/N-ethyl adjacent to an activating group) is 1. The summed E-state index contributed by atoms with van der Waals surface area (Å²) < 4.78 is 10.9. The second-order valence-electron chi connectivity index (χ2n) is 5.81. The lowest BCUT2D eigenvalue weighted by molar-refractivity contribution is -0.138. The van der Waals surface area contributed by atoms with E-state index < -0.39 is 11.8 Å². The van der Waals surface area contributed by atoms with E-state index in [1.165, 1.54) is 20.4 Å². The van der Waals surface area contributed by atoms with Crippen LogP contribution in [0.25, 0.3) is 0 Å². The molecule has 152 valence electrons. The lowest BCUT2D eigenvalue weighted by Crippen LogP contribution is -2.35. The SMILES string of the molecule is CNC(=O)C(=O)N/N=C\c1cccc(OC)c1OCC(=O)Nc1ccccc1C. The summed E-state index contributed by atoms with van der Waals surface area (Å²) >= 11 is 0. The van der Waals surface area contributed by atoms with Crippen LogP contribution in [0.15, 0.2) is 47.6 Å². The Morgan fingerprint density at radius 3 is 2.52 bits per heavy atom. The Balaban J connectivity index is 2.08. The zero-order valence-corrected chi connectivity index (χ0v) is 16.3. The third-order valence-corrected chi connectivity index (χ3v) is 3.80. The molecule has 0 bridgehead atoms. The number of ether oxygens (including phenoxy) is 2. The summed E-state index contributed by atoms with van der Waals surface area (Å²) in [5.74, 6) is -1.42. The number of hydrazone groups is 1. The van der Waals surface area contributed by atoms with Gasteiger partial charge in [-0.25, -0.2) is 5.43 Å². The molecule has 0 aliphatic carbocycles. The van der Waals surface area contributed by atoms with Crippen molar-refractivity contribution in [2.24, 2.45) is 5.10 Å². The number of aryl methyl sites for hydroxylation is 1. The number of benzene rings is 2.